The van der Waals surface area contributed by atoms with E-state index in [9.17, 15) is 0 Å². The molecule has 0 saturated carbocycles. The molecule has 5 rings (SSSR count). The second kappa shape index (κ2) is 8.92. The van der Waals surface area contributed by atoms with Gasteiger partial charge in [0.05, 0.1) is 26.2 Å². The summed E-state index contributed by atoms with van der Waals surface area (Å²) in [6.07, 6.45) is 7.52. The predicted octanol–water partition coefficient (Wildman–Crippen LogP) is 3.92. The minimum Gasteiger partial charge on any atom is -0.497 e. The van der Waals surface area contributed by atoms with Gasteiger partial charge in [-0.05, 0) is 55.6 Å². The van der Waals surface area contributed by atoms with Crippen LogP contribution in [0.3, 0.4) is 0 Å². The molecule has 0 bridgehead atoms. The van der Waals surface area contributed by atoms with E-state index >= 15 is 0 Å². The Kier molecular flexibility index (Phi) is 5.87. The van der Waals surface area contributed by atoms with E-state index in [2.05, 4.69) is 24.8 Å². The van der Waals surface area contributed by atoms with Crippen molar-refractivity contribution in [1.29, 1.82) is 0 Å². The van der Waals surface area contributed by atoms with Crippen molar-refractivity contribution in [3.05, 3.63) is 52.2 Å². The number of hydrogen-bond acceptors (Lipinski definition) is 7. The summed E-state index contributed by atoms with van der Waals surface area (Å²) in [5.41, 5.74) is 1.11. The van der Waals surface area contributed by atoms with Crippen molar-refractivity contribution in [1.82, 2.24) is 29.4 Å². The summed E-state index contributed by atoms with van der Waals surface area (Å²) >= 11 is 5.47. The number of aromatic nitrogens is 5. The molecule has 2 aliphatic heterocycles. The lowest BCUT2D eigenvalue weighted by molar-refractivity contribution is 0.178. The lowest BCUT2D eigenvalue weighted by atomic mass is 10.1. The van der Waals surface area contributed by atoms with Gasteiger partial charge in [-0.25, -0.2) is 4.68 Å². The average molecular weight is 441 g/mol. The van der Waals surface area contributed by atoms with Gasteiger partial charge in [-0.3, -0.25) is 4.90 Å². The largest absolute Gasteiger partial charge is 0.497 e. The second-order valence-corrected chi connectivity index (χ2v) is 8.68. The number of aryl methyl sites for hydroxylation is 1. The summed E-state index contributed by atoms with van der Waals surface area (Å²) in [7, 11) is 1.66. The average Bonchev–Trinajstić information content (AvgIpc) is 3.44. The highest BCUT2D eigenvalue weighted by molar-refractivity contribution is 7.71. The quantitative estimate of drug-likeness (QED) is 0.538. The van der Waals surface area contributed by atoms with Gasteiger partial charge in [-0.2, -0.15) is 0 Å². The summed E-state index contributed by atoms with van der Waals surface area (Å²) in [5.74, 6) is 3.70. The molecule has 3 aromatic rings. The molecular formula is C22H28N6O2S. The molecular weight excluding hydrogens is 412 g/mol. The first-order chi connectivity index (χ1) is 15.2. The topological polar surface area (TPSA) is 74.1 Å². The molecule has 2 aromatic heterocycles. The Morgan fingerprint density at radius 3 is 2.81 bits per heavy atom. The molecule has 0 radical (unpaired) electrons. The molecule has 164 valence electrons. The Hall–Kier alpha value is -2.52. The van der Waals surface area contributed by atoms with E-state index in [1.54, 1.807) is 11.8 Å². The van der Waals surface area contributed by atoms with Crippen LogP contribution in [0.25, 0.3) is 0 Å². The van der Waals surface area contributed by atoms with Crippen molar-refractivity contribution in [3.8, 4) is 5.75 Å². The maximum atomic E-state index is 5.79. The Labute approximate surface area is 186 Å². The van der Waals surface area contributed by atoms with Crippen LogP contribution < -0.4 is 4.74 Å². The number of likely N-dealkylation sites (tertiary alicyclic amines) is 1. The highest BCUT2D eigenvalue weighted by Gasteiger charge is 2.32. The van der Waals surface area contributed by atoms with Crippen LogP contribution in [-0.2, 0) is 26.1 Å². The van der Waals surface area contributed by atoms with Crippen LogP contribution >= 0.6 is 12.2 Å². The number of methoxy groups -OCH3 is 1. The molecule has 1 atom stereocenters. The molecule has 1 aromatic carbocycles. The third-order valence-electron chi connectivity index (χ3n) is 6.28. The Morgan fingerprint density at radius 1 is 1.10 bits per heavy atom. The van der Waals surface area contributed by atoms with Gasteiger partial charge in [0, 0.05) is 19.5 Å². The van der Waals surface area contributed by atoms with E-state index in [0.29, 0.717) is 23.8 Å². The van der Waals surface area contributed by atoms with Crippen molar-refractivity contribution >= 4 is 12.2 Å². The first-order valence-corrected chi connectivity index (χ1v) is 11.5. The molecule has 0 spiro atoms. The highest BCUT2D eigenvalue weighted by atomic mass is 32.1. The minimum absolute atomic E-state index is 0.253. The van der Waals surface area contributed by atoms with E-state index in [1.807, 2.05) is 24.3 Å². The number of benzene rings is 1. The van der Waals surface area contributed by atoms with Crippen LogP contribution in [0.4, 0.5) is 0 Å². The molecule has 4 heterocycles. The Morgan fingerprint density at radius 2 is 1.97 bits per heavy atom. The van der Waals surface area contributed by atoms with E-state index in [0.717, 1.165) is 55.3 Å². The molecule has 8 nitrogen and oxygen atoms in total. The minimum atomic E-state index is 0.253. The van der Waals surface area contributed by atoms with E-state index in [-0.39, 0.29) is 6.04 Å². The van der Waals surface area contributed by atoms with E-state index in [1.165, 1.54) is 19.3 Å². The molecule has 0 aliphatic carbocycles. The molecule has 0 N–H and O–H groups in total. The maximum Gasteiger partial charge on any atom is 0.288 e. The lowest BCUT2D eigenvalue weighted by Gasteiger charge is -2.23. The van der Waals surface area contributed by atoms with Crippen LogP contribution in [0, 0.1) is 4.84 Å². The number of hydrogen-bond donors (Lipinski definition) is 0. The number of fused-ring (bicyclic) bond motifs is 1. The summed E-state index contributed by atoms with van der Waals surface area (Å²) in [6, 6.07) is 8.17. The van der Waals surface area contributed by atoms with Crippen LogP contribution in [0.2, 0.25) is 0 Å². The smallest absolute Gasteiger partial charge is 0.288 e. The summed E-state index contributed by atoms with van der Waals surface area (Å²) in [5, 5.41) is 13.8. The summed E-state index contributed by atoms with van der Waals surface area (Å²) in [4.78, 5) is 2.81. The van der Waals surface area contributed by atoms with Crippen molar-refractivity contribution in [2.24, 2.45) is 0 Å². The fourth-order valence-corrected chi connectivity index (χ4v) is 4.84. The first kappa shape index (κ1) is 20.4. The summed E-state index contributed by atoms with van der Waals surface area (Å²) < 4.78 is 15.2. The van der Waals surface area contributed by atoms with Crippen LogP contribution in [0.15, 0.2) is 28.7 Å². The fourth-order valence-electron chi connectivity index (χ4n) is 4.64. The van der Waals surface area contributed by atoms with Crippen LogP contribution in [-0.4, -0.2) is 43.1 Å². The standard InChI is InChI=1S/C22H28N6O2S/c1-29-17-10-8-16(9-11-17)14-20-25-28(22(31)30-20)15-26-12-5-6-18(26)21-24-23-19-7-3-2-4-13-27(19)21/h8-11,18H,2-7,12-15H2,1H3/t18-/m0/s1. The van der Waals surface area contributed by atoms with Crippen LogP contribution in [0.5, 0.6) is 5.75 Å². The molecule has 2 aliphatic rings. The van der Waals surface area contributed by atoms with Gasteiger partial charge >= 0.3 is 0 Å². The van der Waals surface area contributed by atoms with Gasteiger partial charge in [0.25, 0.3) is 4.84 Å². The highest BCUT2D eigenvalue weighted by Crippen LogP contribution is 2.32. The van der Waals surface area contributed by atoms with Crippen molar-refractivity contribution < 1.29 is 9.15 Å². The SMILES string of the molecule is COc1ccc(Cc2nn(CN3CCC[C@H]3c3nnc4n3CCCCC4)c(=S)o2)cc1. The van der Waals surface area contributed by atoms with Gasteiger partial charge in [0.2, 0.25) is 5.89 Å². The van der Waals surface area contributed by atoms with Crippen molar-refractivity contribution in [2.75, 3.05) is 13.7 Å². The zero-order valence-electron chi connectivity index (χ0n) is 17.9. The van der Waals surface area contributed by atoms with Crippen LogP contribution in [0.1, 0.15) is 61.2 Å². The third kappa shape index (κ3) is 4.29. The van der Waals surface area contributed by atoms with Gasteiger partial charge in [-0.1, -0.05) is 18.6 Å². The molecule has 1 fully saturated rings. The number of nitrogens with zero attached hydrogens (tertiary/aromatic N) is 6. The molecule has 0 amide bonds. The number of ether oxygens (including phenoxy) is 1. The van der Waals surface area contributed by atoms with Crippen molar-refractivity contribution in [3.63, 3.8) is 0 Å². The Balaban J connectivity index is 1.31. The molecule has 9 heteroatoms. The van der Waals surface area contributed by atoms with Gasteiger partial charge in [0.15, 0.2) is 0 Å². The number of rotatable bonds is 6. The van der Waals surface area contributed by atoms with Gasteiger partial charge in [0.1, 0.15) is 17.4 Å². The summed E-state index contributed by atoms with van der Waals surface area (Å²) in [6.45, 7) is 2.63. The zero-order valence-corrected chi connectivity index (χ0v) is 18.7. The Bertz CT molecular complexity index is 1090. The third-order valence-corrected chi connectivity index (χ3v) is 6.57. The van der Waals surface area contributed by atoms with Gasteiger partial charge < -0.3 is 13.7 Å². The normalized spacial score (nSPS) is 19.3. The predicted molar refractivity (Wildman–Crippen MR) is 117 cm³/mol. The zero-order chi connectivity index (χ0) is 21.2. The molecule has 1 saturated heterocycles. The fraction of sp³-hybridized carbons (Fsp3) is 0.545. The second-order valence-electron chi connectivity index (χ2n) is 8.33. The van der Waals surface area contributed by atoms with E-state index in [4.69, 9.17) is 21.4 Å². The van der Waals surface area contributed by atoms with Gasteiger partial charge in [-0.15, -0.1) is 15.3 Å². The van der Waals surface area contributed by atoms with Crippen molar-refractivity contribution in [2.45, 2.75) is 64.2 Å². The lowest BCUT2D eigenvalue weighted by Crippen LogP contribution is -2.29. The van der Waals surface area contributed by atoms with E-state index < -0.39 is 0 Å². The monoisotopic (exact) mass is 440 g/mol. The molecule has 31 heavy (non-hydrogen) atoms. The molecule has 0 unspecified atom stereocenters. The maximum absolute atomic E-state index is 5.79. The first-order valence-electron chi connectivity index (χ1n) is 11.1.